The van der Waals surface area contributed by atoms with Crippen LogP contribution in [-0.2, 0) is 17.8 Å². The maximum absolute atomic E-state index is 12.8. The van der Waals surface area contributed by atoms with Crippen molar-refractivity contribution in [2.75, 3.05) is 11.9 Å². The summed E-state index contributed by atoms with van der Waals surface area (Å²) in [6, 6.07) is 16.2. The summed E-state index contributed by atoms with van der Waals surface area (Å²) in [5.41, 5.74) is 12.4. The van der Waals surface area contributed by atoms with Crippen LogP contribution in [0.3, 0.4) is 0 Å². The van der Waals surface area contributed by atoms with Crippen LogP contribution in [0.25, 0.3) is 0 Å². The molecule has 2 rings (SSSR count). The number of carbonyl (C=O) groups excluding carboxylic acids is 1. The normalized spacial score (nSPS) is 12.5. The van der Waals surface area contributed by atoms with Crippen molar-refractivity contribution in [3.05, 3.63) is 78.0 Å². The fourth-order valence-corrected chi connectivity index (χ4v) is 3.17. The molecule has 0 fully saturated rings. The van der Waals surface area contributed by atoms with E-state index in [2.05, 4.69) is 34.5 Å². The number of aliphatic hydroxyl groups excluding tert-OH is 1. The molecule has 0 radical (unpaired) electrons. The number of rotatable bonds is 14. The Hall–Kier alpha value is -3.16. The van der Waals surface area contributed by atoms with Crippen molar-refractivity contribution >= 4 is 18.3 Å². The van der Waals surface area contributed by atoms with Crippen molar-refractivity contribution in [3.8, 4) is 0 Å². The van der Waals surface area contributed by atoms with Gasteiger partial charge in [-0.1, -0.05) is 49.0 Å². The standard InChI is InChI=1S/C24H33N5O2/c1-18(28-21-13-11-20(17-30)12-14-21)23(10-6-7-15-27-26-2)29-24(31)22(25)16-19-8-4-3-5-9-19/h3-5,8-9,11-14,22-23,27-28,30H,1-2,6-7,10,15-17,25H2,(H,29,31)/t22?,23-/m0/s1. The monoisotopic (exact) mass is 423 g/mol. The smallest absolute Gasteiger partial charge is 0.237 e. The first-order valence-corrected chi connectivity index (χ1v) is 10.5. The van der Waals surface area contributed by atoms with Gasteiger partial charge in [-0.2, -0.15) is 5.10 Å². The van der Waals surface area contributed by atoms with Gasteiger partial charge in [0.15, 0.2) is 0 Å². The second kappa shape index (κ2) is 13.2. The third-order valence-electron chi connectivity index (χ3n) is 4.96. The first-order chi connectivity index (χ1) is 15.0. The summed E-state index contributed by atoms with van der Waals surface area (Å²) in [4.78, 5) is 12.8. The van der Waals surface area contributed by atoms with Crippen LogP contribution in [-0.4, -0.2) is 36.4 Å². The van der Waals surface area contributed by atoms with Crippen LogP contribution in [0.2, 0.25) is 0 Å². The van der Waals surface area contributed by atoms with E-state index < -0.39 is 6.04 Å². The Kier molecular flexibility index (Phi) is 10.3. The van der Waals surface area contributed by atoms with Crippen molar-refractivity contribution in [2.24, 2.45) is 10.8 Å². The fraction of sp³-hybridized carbons (Fsp3) is 0.333. The number of anilines is 1. The molecule has 1 unspecified atom stereocenters. The summed E-state index contributed by atoms with van der Waals surface area (Å²) in [5.74, 6) is -0.210. The quantitative estimate of drug-likeness (QED) is 0.182. The van der Waals surface area contributed by atoms with Gasteiger partial charge in [-0.15, -0.1) is 0 Å². The molecule has 31 heavy (non-hydrogen) atoms. The summed E-state index contributed by atoms with van der Waals surface area (Å²) in [6.07, 6.45) is 2.94. The van der Waals surface area contributed by atoms with Gasteiger partial charge < -0.3 is 26.9 Å². The highest BCUT2D eigenvalue weighted by molar-refractivity contribution is 5.82. The molecule has 0 heterocycles. The number of carbonyl (C=O) groups is 1. The van der Waals surface area contributed by atoms with E-state index in [1.165, 1.54) is 0 Å². The van der Waals surface area contributed by atoms with Crippen molar-refractivity contribution in [3.63, 3.8) is 0 Å². The number of hydrazone groups is 1. The minimum absolute atomic E-state index is 0.00713. The third kappa shape index (κ3) is 8.62. The minimum atomic E-state index is -0.645. The van der Waals surface area contributed by atoms with E-state index in [1.807, 2.05) is 54.6 Å². The average molecular weight is 424 g/mol. The molecule has 0 saturated carbocycles. The summed E-state index contributed by atoms with van der Waals surface area (Å²) in [5, 5.41) is 19.1. The van der Waals surface area contributed by atoms with E-state index in [1.54, 1.807) is 0 Å². The molecule has 0 bridgehead atoms. The Morgan fingerprint density at radius 2 is 1.77 bits per heavy atom. The maximum atomic E-state index is 12.8. The Labute approximate surface area is 184 Å². The number of unbranched alkanes of at least 4 members (excludes halogenated alkanes) is 1. The number of hydrogen-bond donors (Lipinski definition) is 5. The molecule has 0 aliphatic carbocycles. The highest BCUT2D eigenvalue weighted by Gasteiger charge is 2.20. The summed E-state index contributed by atoms with van der Waals surface area (Å²) >= 11 is 0. The van der Waals surface area contributed by atoms with E-state index in [9.17, 15) is 9.90 Å². The van der Waals surface area contributed by atoms with Crippen molar-refractivity contribution in [1.82, 2.24) is 10.7 Å². The zero-order valence-electron chi connectivity index (χ0n) is 17.9. The van der Waals surface area contributed by atoms with Gasteiger partial charge >= 0.3 is 0 Å². The Balaban J connectivity index is 1.98. The minimum Gasteiger partial charge on any atom is -0.392 e. The zero-order chi connectivity index (χ0) is 22.5. The number of aliphatic hydroxyl groups is 1. The lowest BCUT2D eigenvalue weighted by molar-refractivity contribution is -0.122. The topological polar surface area (TPSA) is 112 Å². The van der Waals surface area contributed by atoms with Gasteiger partial charge in [0.25, 0.3) is 0 Å². The molecular formula is C24H33N5O2. The molecule has 2 aromatic rings. The molecule has 0 aliphatic heterocycles. The molecule has 7 nitrogen and oxygen atoms in total. The van der Waals surface area contributed by atoms with Gasteiger partial charge in [-0.05, 0) is 48.9 Å². The first kappa shape index (κ1) is 24.1. The highest BCUT2D eigenvalue weighted by atomic mass is 16.3. The molecule has 0 spiro atoms. The van der Waals surface area contributed by atoms with Crippen LogP contribution in [0.4, 0.5) is 5.69 Å². The fourth-order valence-electron chi connectivity index (χ4n) is 3.17. The molecule has 166 valence electrons. The molecule has 7 heteroatoms. The van der Waals surface area contributed by atoms with Crippen molar-refractivity contribution in [2.45, 2.75) is 44.4 Å². The van der Waals surface area contributed by atoms with E-state index in [4.69, 9.17) is 5.73 Å². The van der Waals surface area contributed by atoms with E-state index in [0.717, 1.165) is 36.2 Å². The number of hydrogen-bond acceptors (Lipinski definition) is 6. The summed E-state index contributed by atoms with van der Waals surface area (Å²) in [7, 11) is 0. The number of amides is 1. The SMILES string of the molecule is C=NNCCCC[C@H](NC(=O)C(N)Cc1ccccc1)C(=C)Nc1ccc(CO)cc1. The second-order valence-electron chi connectivity index (χ2n) is 7.42. The largest absolute Gasteiger partial charge is 0.392 e. The highest BCUT2D eigenvalue weighted by Crippen LogP contribution is 2.16. The predicted octanol–water partition coefficient (Wildman–Crippen LogP) is 2.53. The van der Waals surface area contributed by atoms with Crippen LogP contribution in [0.5, 0.6) is 0 Å². The lowest BCUT2D eigenvalue weighted by Gasteiger charge is -2.24. The first-order valence-electron chi connectivity index (χ1n) is 10.5. The van der Waals surface area contributed by atoms with Crippen LogP contribution in [0.15, 0.2) is 72.0 Å². The Morgan fingerprint density at radius 3 is 2.42 bits per heavy atom. The number of nitrogens with one attached hydrogen (secondary N) is 3. The maximum Gasteiger partial charge on any atom is 0.237 e. The third-order valence-corrected chi connectivity index (χ3v) is 4.96. The van der Waals surface area contributed by atoms with Gasteiger partial charge in [0, 0.05) is 24.6 Å². The molecule has 6 N–H and O–H groups in total. The van der Waals surface area contributed by atoms with Crippen LogP contribution in [0, 0.1) is 0 Å². The molecule has 2 atom stereocenters. The lowest BCUT2D eigenvalue weighted by atomic mass is 10.0. The molecule has 0 aliphatic rings. The summed E-state index contributed by atoms with van der Waals surface area (Å²) < 4.78 is 0. The van der Waals surface area contributed by atoms with Gasteiger partial charge in [0.05, 0.1) is 18.7 Å². The zero-order valence-corrected chi connectivity index (χ0v) is 17.9. The molecule has 0 saturated heterocycles. The number of benzene rings is 2. The van der Waals surface area contributed by atoms with Gasteiger partial charge in [-0.3, -0.25) is 4.79 Å². The second-order valence-corrected chi connectivity index (χ2v) is 7.42. The van der Waals surface area contributed by atoms with Crippen molar-refractivity contribution in [1.29, 1.82) is 0 Å². The van der Waals surface area contributed by atoms with Gasteiger partial charge in [0.1, 0.15) is 0 Å². The van der Waals surface area contributed by atoms with Crippen molar-refractivity contribution < 1.29 is 9.90 Å². The van der Waals surface area contributed by atoms with Crippen LogP contribution in [0.1, 0.15) is 30.4 Å². The molecule has 2 aromatic carbocycles. The molecule has 1 amide bonds. The Bertz CT molecular complexity index is 824. The molecular weight excluding hydrogens is 390 g/mol. The van der Waals surface area contributed by atoms with E-state index >= 15 is 0 Å². The van der Waals surface area contributed by atoms with E-state index in [0.29, 0.717) is 18.5 Å². The van der Waals surface area contributed by atoms with Gasteiger partial charge in [0.2, 0.25) is 5.91 Å². The van der Waals surface area contributed by atoms with Crippen LogP contribution < -0.4 is 21.8 Å². The predicted molar refractivity (Wildman–Crippen MR) is 127 cm³/mol. The number of nitrogens with two attached hydrogens (primary N) is 1. The molecule has 0 aromatic heterocycles. The lowest BCUT2D eigenvalue weighted by Crippen LogP contribution is -2.47. The number of nitrogens with zero attached hydrogens (tertiary/aromatic N) is 1. The van der Waals surface area contributed by atoms with E-state index in [-0.39, 0.29) is 18.6 Å². The van der Waals surface area contributed by atoms with Gasteiger partial charge in [-0.25, -0.2) is 0 Å². The Morgan fingerprint density at radius 1 is 1.06 bits per heavy atom. The summed E-state index contributed by atoms with van der Waals surface area (Å²) in [6.45, 7) is 8.26. The van der Waals surface area contributed by atoms with Crippen LogP contribution >= 0.6 is 0 Å². The average Bonchev–Trinajstić information content (AvgIpc) is 2.79.